The highest BCUT2D eigenvalue weighted by Crippen LogP contribution is 2.07. The topological polar surface area (TPSA) is 74.0 Å². The molecule has 1 aromatic rings. The fraction of sp³-hybridized carbons (Fsp3) is 0.300. The van der Waals surface area contributed by atoms with Crippen molar-refractivity contribution in [2.24, 2.45) is 0 Å². The van der Waals surface area contributed by atoms with Gasteiger partial charge in [-0.25, -0.2) is 10.0 Å². The summed E-state index contributed by atoms with van der Waals surface area (Å²) in [5.74, 6) is -0.486. The van der Waals surface area contributed by atoms with Crippen LogP contribution in [0.5, 0.6) is 0 Å². The number of carbonyl (C=O) groups excluding carboxylic acids is 1. The first-order valence-corrected chi connectivity index (χ1v) is 4.65. The number of hydrogen-bond donors (Lipinski definition) is 2. The van der Waals surface area contributed by atoms with E-state index in [1.165, 1.54) is 24.3 Å². The second-order valence-electron chi connectivity index (χ2n) is 3.02. The Morgan fingerprint density at radius 3 is 2.93 bits per heavy atom. The molecule has 1 aromatic carbocycles. The molecule has 0 aliphatic rings. The molecule has 5 heteroatoms. The minimum absolute atomic E-state index is 0.0842. The van der Waals surface area contributed by atoms with Crippen LogP contribution in [0.3, 0.4) is 0 Å². The van der Waals surface area contributed by atoms with Crippen LogP contribution < -0.4 is 5.23 Å². The number of carbonyl (C=O) groups is 1. The van der Waals surface area contributed by atoms with Crippen molar-refractivity contribution in [3.8, 4) is 0 Å². The van der Waals surface area contributed by atoms with Gasteiger partial charge in [0.2, 0.25) is 0 Å². The lowest BCUT2D eigenvalue weighted by atomic mass is 10.2. The van der Waals surface area contributed by atoms with E-state index in [4.69, 9.17) is 9.94 Å². The number of benzene rings is 1. The Morgan fingerprint density at radius 2 is 2.33 bits per heavy atom. The van der Waals surface area contributed by atoms with Crippen LogP contribution in [0, 0.1) is 5.21 Å². The molecule has 15 heavy (non-hydrogen) atoms. The fourth-order valence-electron chi connectivity index (χ4n) is 1.06. The average Bonchev–Trinajstić information content (AvgIpc) is 2.26. The van der Waals surface area contributed by atoms with E-state index in [2.05, 4.69) is 0 Å². The van der Waals surface area contributed by atoms with E-state index in [-0.39, 0.29) is 11.3 Å². The van der Waals surface area contributed by atoms with Gasteiger partial charge in [0, 0.05) is 12.1 Å². The number of hydrogen-bond acceptors (Lipinski definition) is 4. The molecule has 1 rings (SSSR count). The number of rotatable bonds is 4. The van der Waals surface area contributed by atoms with E-state index >= 15 is 0 Å². The summed E-state index contributed by atoms with van der Waals surface area (Å²) in [6.45, 7) is 2.23. The third kappa shape index (κ3) is 3.32. The zero-order valence-corrected chi connectivity index (χ0v) is 8.40. The van der Waals surface area contributed by atoms with Crippen molar-refractivity contribution in [1.82, 2.24) is 0 Å². The second kappa shape index (κ2) is 5.45. The molecule has 0 spiro atoms. The van der Waals surface area contributed by atoms with Crippen LogP contribution in [-0.2, 0) is 4.74 Å². The molecule has 0 saturated heterocycles. The Balaban J connectivity index is 2.76. The molecule has 0 aromatic heterocycles. The molecule has 0 heterocycles. The Kier molecular flexibility index (Phi) is 4.23. The maximum atomic E-state index is 11.4. The predicted molar refractivity (Wildman–Crippen MR) is 52.8 cm³/mol. The summed E-state index contributed by atoms with van der Waals surface area (Å²) >= 11 is 0. The Labute approximate surface area is 87.4 Å². The quantitative estimate of drug-likeness (QED) is 0.566. The Bertz CT molecular complexity index is 338. The van der Waals surface area contributed by atoms with Crippen molar-refractivity contribution < 1.29 is 20.0 Å². The Hall–Kier alpha value is -1.43. The van der Waals surface area contributed by atoms with Crippen LogP contribution in [0.1, 0.15) is 23.7 Å². The van der Waals surface area contributed by atoms with Gasteiger partial charge in [-0.05, 0) is 12.5 Å². The molecular formula is C10H13NO4. The highest BCUT2D eigenvalue weighted by atomic mass is 16.8. The summed E-state index contributed by atoms with van der Waals surface area (Å²) < 4.78 is 4.88. The van der Waals surface area contributed by atoms with Crippen molar-refractivity contribution in [1.29, 1.82) is 0 Å². The van der Waals surface area contributed by atoms with Gasteiger partial charge < -0.3 is 9.94 Å². The molecule has 0 aliphatic heterocycles. The van der Waals surface area contributed by atoms with Gasteiger partial charge in [0.1, 0.15) is 0 Å². The van der Waals surface area contributed by atoms with Crippen molar-refractivity contribution in [2.45, 2.75) is 13.3 Å². The molecule has 0 radical (unpaired) electrons. The minimum Gasteiger partial charge on any atom is -0.595 e. The van der Waals surface area contributed by atoms with Crippen molar-refractivity contribution in [3.63, 3.8) is 0 Å². The zero-order valence-electron chi connectivity index (χ0n) is 8.40. The van der Waals surface area contributed by atoms with E-state index in [9.17, 15) is 10.0 Å². The molecule has 2 N–H and O–H groups in total. The van der Waals surface area contributed by atoms with Crippen LogP contribution in [-0.4, -0.2) is 17.8 Å². The van der Waals surface area contributed by atoms with E-state index < -0.39 is 11.2 Å². The standard InChI is InChI=1S/C10H13NO4/c1-2-6-15-10(12)8-4-3-5-9(7-8)11(13)14/h3-5,7,11,13H,2,6H2,1H3. The van der Waals surface area contributed by atoms with Gasteiger partial charge in [-0.15, -0.1) is 0 Å². The lowest BCUT2D eigenvalue weighted by molar-refractivity contribution is -0.991. The smallest absolute Gasteiger partial charge is 0.338 e. The maximum absolute atomic E-state index is 11.4. The first-order chi connectivity index (χ1) is 7.15. The number of quaternary nitrogens is 1. The summed E-state index contributed by atoms with van der Waals surface area (Å²) in [6.07, 6.45) is 0.740. The van der Waals surface area contributed by atoms with Crippen LogP contribution in [0.15, 0.2) is 24.3 Å². The predicted octanol–water partition coefficient (Wildman–Crippen LogP) is 0.657. The molecule has 0 amide bonds. The van der Waals surface area contributed by atoms with E-state index in [0.29, 0.717) is 6.61 Å². The van der Waals surface area contributed by atoms with Crippen LogP contribution in [0.2, 0.25) is 0 Å². The molecule has 0 fully saturated rings. The molecule has 1 atom stereocenters. The SMILES string of the molecule is CCCOC(=O)c1cccc([NH+]([O-])O)c1. The molecule has 0 bridgehead atoms. The first-order valence-electron chi connectivity index (χ1n) is 4.65. The van der Waals surface area contributed by atoms with E-state index in [0.717, 1.165) is 6.42 Å². The lowest BCUT2D eigenvalue weighted by Crippen LogP contribution is -2.99. The van der Waals surface area contributed by atoms with Gasteiger partial charge in [0.15, 0.2) is 5.69 Å². The third-order valence-corrected chi connectivity index (χ3v) is 1.78. The second-order valence-corrected chi connectivity index (χ2v) is 3.02. The van der Waals surface area contributed by atoms with E-state index in [1.54, 1.807) is 0 Å². The summed E-state index contributed by atoms with van der Waals surface area (Å²) in [7, 11) is 0. The van der Waals surface area contributed by atoms with Crippen molar-refractivity contribution >= 4 is 11.7 Å². The summed E-state index contributed by atoms with van der Waals surface area (Å²) in [5, 5.41) is 18.3. The summed E-state index contributed by atoms with van der Waals surface area (Å²) in [6, 6.07) is 5.79. The first kappa shape index (κ1) is 11.6. The Morgan fingerprint density at radius 1 is 1.60 bits per heavy atom. The van der Waals surface area contributed by atoms with Gasteiger partial charge in [-0.1, -0.05) is 13.0 Å². The maximum Gasteiger partial charge on any atom is 0.338 e. The largest absolute Gasteiger partial charge is 0.595 e. The molecule has 0 saturated carbocycles. The summed E-state index contributed by atoms with van der Waals surface area (Å²) in [5.41, 5.74) is 0.351. The minimum atomic E-state index is -1.06. The summed E-state index contributed by atoms with van der Waals surface area (Å²) in [4.78, 5) is 11.4. The molecule has 1 unspecified atom stereocenters. The van der Waals surface area contributed by atoms with Gasteiger partial charge >= 0.3 is 5.97 Å². The number of esters is 1. The van der Waals surface area contributed by atoms with Crippen LogP contribution in [0.25, 0.3) is 0 Å². The van der Waals surface area contributed by atoms with Crippen LogP contribution in [0.4, 0.5) is 5.69 Å². The zero-order chi connectivity index (χ0) is 11.3. The molecule has 0 aliphatic carbocycles. The van der Waals surface area contributed by atoms with Crippen molar-refractivity contribution in [2.75, 3.05) is 6.61 Å². The molecule has 5 nitrogen and oxygen atoms in total. The third-order valence-electron chi connectivity index (χ3n) is 1.78. The van der Waals surface area contributed by atoms with Crippen molar-refractivity contribution in [3.05, 3.63) is 35.0 Å². The van der Waals surface area contributed by atoms with Gasteiger partial charge in [0.25, 0.3) is 0 Å². The monoisotopic (exact) mass is 211 g/mol. The molecule has 82 valence electrons. The molecular weight excluding hydrogens is 198 g/mol. The fourth-order valence-corrected chi connectivity index (χ4v) is 1.06. The highest BCUT2D eigenvalue weighted by Gasteiger charge is 2.09. The number of ether oxygens (including phenoxy) is 1. The number of nitrogens with one attached hydrogen (secondary N) is 1. The van der Waals surface area contributed by atoms with Gasteiger partial charge in [0.05, 0.1) is 12.2 Å². The van der Waals surface area contributed by atoms with E-state index in [1.807, 2.05) is 6.92 Å². The normalized spacial score (nSPS) is 12.2. The van der Waals surface area contributed by atoms with Gasteiger partial charge in [-0.2, -0.15) is 5.23 Å². The lowest BCUT2D eigenvalue weighted by Gasteiger charge is -2.11. The average molecular weight is 211 g/mol. The highest BCUT2D eigenvalue weighted by molar-refractivity contribution is 5.90. The van der Waals surface area contributed by atoms with Gasteiger partial charge in [-0.3, -0.25) is 0 Å². The van der Waals surface area contributed by atoms with Crippen LogP contribution >= 0.6 is 0 Å².